The lowest BCUT2D eigenvalue weighted by Crippen LogP contribution is -2.33. The molecule has 9 nitrogen and oxygen atoms in total. The summed E-state index contributed by atoms with van der Waals surface area (Å²) in [5.74, 6) is -3.24. The van der Waals surface area contributed by atoms with Gasteiger partial charge in [0.2, 0.25) is 17.7 Å². The van der Waals surface area contributed by atoms with Crippen LogP contribution >= 0.6 is 46.3 Å². The maximum atomic E-state index is 14.3. The fourth-order valence-corrected chi connectivity index (χ4v) is 9.01. The number of amides is 3. The first-order chi connectivity index (χ1) is 22.8. The number of anilines is 2. The van der Waals surface area contributed by atoms with E-state index >= 15 is 0 Å². The van der Waals surface area contributed by atoms with Gasteiger partial charge in [0.25, 0.3) is 0 Å². The van der Waals surface area contributed by atoms with Gasteiger partial charge in [0.1, 0.15) is 11.8 Å². The first-order valence-electron chi connectivity index (χ1n) is 15.2. The van der Waals surface area contributed by atoms with Crippen LogP contribution in [0, 0.1) is 5.92 Å². The van der Waals surface area contributed by atoms with E-state index in [1.165, 1.54) is 22.8 Å². The van der Waals surface area contributed by atoms with Gasteiger partial charge in [0, 0.05) is 16.5 Å². The molecular formula is C35H31Cl2N3O6S2. The molecule has 0 aliphatic carbocycles. The molecular weight excluding hydrogens is 693 g/mol. The minimum Gasteiger partial charge on any atom is -0.462 e. The number of imide groups is 1. The molecule has 48 heavy (non-hydrogen) atoms. The first kappa shape index (κ1) is 34.0. The minimum atomic E-state index is -0.861. The Kier molecular flexibility index (Phi) is 9.34. The van der Waals surface area contributed by atoms with Crippen molar-refractivity contribution in [2.24, 2.45) is 5.92 Å². The molecule has 0 bridgehead atoms. The largest absolute Gasteiger partial charge is 0.462 e. The molecule has 2 unspecified atom stereocenters. The van der Waals surface area contributed by atoms with Gasteiger partial charge in [-0.2, -0.15) is 0 Å². The van der Waals surface area contributed by atoms with E-state index in [1.807, 2.05) is 24.3 Å². The summed E-state index contributed by atoms with van der Waals surface area (Å²) in [4.78, 5) is 68.6. The maximum absolute atomic E-state index is 14.3. The fourth-order valence-electron chi connectivity index (χ4n) is 5.94. The van der Waals surface area contributed by atoms with Gasteiger partial charge in [0.05, 0.1) is 38.8 Å². The van der Waals surface area contributed by atoms with Crippen molar-refractivity contribution in [1.82, 2.24) is 4.57 Å². The van der Waals surface area contributed by atoms with Crippen LogP contribution in [-0.4, -0.2) is 40.1 Å². The average molecular weight is 725 g/mol. The van der Waals surface area contributed by atoms with Gasteiger partial charge in [0.15, 0.2) is 0 Å². The van der Waals surface area contributed by atoms with E-state index in [4.69, 9.17) is 27.9 Å². The summed E-state index contributed by atoms with van der Waals surface area (Å²) in [7, 11) is 0. The summed E-state index contributed by atoms with van der Waals surface area (Å²) in [6, 6.07) is 18.7. The van der Waals surface area contributed by atoms with Gasteiger partial charge in [-0.25, -0.2) is 9.69 Å². The summed E-state index contributed by atoms with van der Waals surface area (Å²) in [6.45, 7) is 7.92. The Morgan fingerprint density at radius 3 is 2.23 bits per heavy atom. The molecule has 248 valence electrons. The smallest absolute Gasteiger partial charge is 0.338 e. The zero-order chi connectivity index (χ0) is 34.5. The molecule has 1 saturated heterocycles. The second-order valence-corrected chi connectivity index (χ2v) is 15.4. The number of hydrogen-bond donors (Lipinski definition) is 1. The van der Waals surface area contributed by atoms with E-state index < -0.39 is 40.8 Å². The fraction of sp³-hybridized carbons (Fsp3) is 0.286. The number of thioether (sulfide) groups is 1. The summed E-state index contributed by atoms with van der Waals surface area (Å²) < 4.78 is 6.43. The predicted molar refractivity (Wildman–Crippen MR) is 189 cm³/mol. The first-order valence-corrected chi connectivity index (χ1v) is 17.6. The molecule has 2 aliphatic heterocycles. The Bertz CT molecular complexity index is 2000. The van der Waals surface area contributed by atoms with Gasteiger partial charge in [-0.15, -0.1) is 0 Å². The van der Waals surface area contributed by atoms with Crippen LogP contribution < -0.4 is 15.1 Å². The molecule has 13 heteroatoms. The quantitative estimate of drug-likeness (QED) is 0.159. The van der Waals surface area contributed by atoms with Crippen LogP contribution in [0.4, 0.5) is 11.4 Å². The molecule has 0 spiro atoms. The van der Waals surface area contributed by atoms with Crippen molar-refractivity contribution in [2.75, 3.05) is 16.8 Å². The number of nitrogens with zero attached hydrogens (tertiary/aromatic N) is 2. The van der Waals surface area contributed by atoms with Crippen LogP contribution in [0.15, 0.2) is 76.6 Å². The maximum Gasteiger partial charge on any atom is 0.338 e. The van der Waals surface area contributed by atoms with E-state index in [1.54, 1.807) is 31.2 Å². The van der Waals surface area contributed by atoms with Crippen LogP contribution in [0.5, 0.6) is 0 Å². The predicted octanol–water partition coefficient (Wildman–Crippen LogP) is 7.13. The molecule has 1 N–H and O–H groups in total. The van der Waals surface area contributed by atoms with Crippen LogP contribution in [0.25, 0.3) is 0 Å². The number of rotatable bonds is 7. The zero-order valence-electron chi connectivity index (χ0n) is 26.4. The SMILES string of the molecule is CCOC(=O)c1ccc(N2C(=O)C3Sc4c(sc(=O)n4CC(=O)Nc4ccc(Cl)c(Cl)c4)[C@H](c4ccc(C(C)(C)C)cc4)C3C2=O)cc1. The van der Waals surface area contributed by atoms with Crippen molar-refractivity contribution in [2.45, 2.75) is 55.8 Å². The molecule has 3 atom stereocenters. The van der Waals surface area contributed by atoms with Crippen LogP contribution in [-0.2, 0) is 31.1 Å². The lowest BCUT2D eigenvalue weighted by molar-refractivity contribution is -0.122. The number of esters is 1. The van der Waals surface area contributed by atoms with Crippen molar-refractivity contribution < 1.29 is 23.9 Å². The highest BCUT2D eigenvalue weighted by Crippen LogP contribution is 2.54. The lowest BCUT2D eigenvalue weighted by Gasteiger charge is -2.31. The highest BCUT2D eigenvalue weighted by Gasteiger charge is 2.56. The standard InChI is InChI=1S/C35H31Cl2N3O6S2/c1-5-46-33(44)19-8-13-22(14-9-19)40-30(42)27-26(18-6-10-20(11-7-18)35(2,3)4)29-32(47-28(27)31(40)43)39(34(45)48-29)17-25(41)38-21-12-15-23(36)24(37)16-21/h6-16,26-28H,5,17H2,1-4H3,(H,38,41)/t26-,27?,28?/m1/s1. The summed E-state index contributed by atoms with van der Waals surface area (Å²) in [5, 5.41) is 2.97. The molecule has 3 amide bonds. The Morgan fingerprint density at radius 1 is 0.917 bits per heavy atom. The number of nitrogens with one attached hydrogen (secondary N) is 1. The number of carbonyl (C=O) groups excluding carboxylic acids is 4. The Hall–Kier alpha value is -3.90. The Labute approximate surface area is 295 Å². The third kappa shape index (κ3) is 6.32. The topological polar surface area (TPSA) is 115 Å². The Morgan fingerprint density at radius 2 is 1.60 bits per heavy atom. The number of hydrogen-bond acceptors (Lipinski definition) is 8. The number of fused-ring (bicyclic) bond motifs is 2. The van der Waals surface area contributed by atoms with E-state index in [0.717, 1.165) is 39.1 Å². The highest BCUT2D eigenvalue weighted by atomic mass is 35.5. The number of ether oxygens (including phenoxy) is 1. The molecule has 0 radical (unpaired) electrons. The monoisotopic (exact) mass is 723 g/mol. The van der Waals surface area contributed by atoms with Gasteiger partial charge >= 0.3 is 10.8 Å². The van der Waals surface area contributed by atoms with E-state index in [9.17, 15) is 24.0 Å². The number of thiazole rings is 1. The van der Waals surface area contributed by atoms with Crippen LogP contribution in [0.2, 0.25) is 10.0 Å². The lowest BCUT2D eigenvalue weighted by atomic mass is 9.81. The number of carbonyl (C=O) groups is 4. The van der Waals surface area contributed by atoms with Crippen molar-refractivity contribution >= 4 is 81.4 Å². The number of halogens is 2. The second kappa shape index (κ2) is 13.2. The van der Waals surface area contributed by atoms with Crippen molar-refractivity contribution in [3.63, 3.8) is 0 Å². The third-order valence-electron chi connectivity index (χ3n) is 8.33. The summed E-state index contributed by atoms with van der Waals surface area (Å²) in [5.41, 5.74) is 2.81. The molecule has 3 heterocycles. The molecule has 1 fully saturated rings. The van der Waals surface area contributed by atoms with E-state index in [0.29, 0.717) is 31.9 Å². The van der Waals surface area contributed by atoms with Crippen molar-refractivity contribution in [3.05, 3.63) is 108 Å². The van der Waals surface area contributed by atoms with Gasteiger partial charge in [-0.1, -0.05) is 91.3 Å². The molecule has 6 rings (SSSR count). The molecule has 0 saturated carbocycles. The van der Waals surface area contributed by atoms with Crippen LogP contribution in [0.1, 0.15) is 60.0 Å². The highest BCUT2D eigenvalue weighted by molar-refractivity contribution is 8.00. The Balaban J connectivity index is 1.38. The van der Waals surface area contributed by atoms with Gasteiger partial charge < -0.3 is 10.1 Å². The molecule has 4 aromatic rings. The zero-order valence-corrected chi connectivity index (χ0v) is 29.6. The van der Waals surface area contributed by atoms with Crippen molar-refractivity contribution in [3.8, 4) is 0 Å². The third-order valence-corrected chi connectivity index (χ3v) is 11.7. The second-order valence-electron chi connectivity index (χ2n) is 12.5. The van der Waals surface area contributed by atoms with E-state index in [2.05, 4.69) is 26.1 Å². The molecule has 1 aromatic heterocycles. The normalized spacial score (nSPS) is 18.8. The molecule has 2 aliphatic rings. The average Bonchev–Trinajstić information content (AvgIpc) is 3.48. The number of aromatic nitrogens is 1. The van der Waals surface area contributed by atoms with Gasteiger partial charge in [-0.05, 0) is 65.9 Å². The van der Waals surface area contributed by atoms with Crippen molar-refractivity contribution in [1.29, 1.82) is 0 Å². The summed E-state index contributed by atoms with van der Waals surface area (Å²) in [6.07, 6.45) is 0. The molecule has 3 aromatic carbocycles. The van der Waals surface area contributed by atoms with E-state index in [-0.39, 0.29) is 28.5 Å². The minimum absolute atomic E-state index is 0.115. The van der Waals surface area contributed by atoms with Gasteiger partial charge in [-0.3, -0.25) is 23.7 Å². The summed E-state index contributed by atoms with van der Waals surface area (Å²) >= 11 is 14.2. The van der Waals surface area contributed by atoms with Crippen LogP contribution in [0.3, 0.4) is 0 Å². The number of benzene rings is 3.